The Kier molecular flexibility index (Phi) is 3.88. The van der Waals surface area contributed by atoms with Crippen molar-refractivity contribution in [3.8, 4) is 0 Å². The van der Waals surface area contributed by atoms with Crippen LogP contribution in [-0.2, 0) is 13.0 Å². The molecule has 2 rings (SSSR count). The number of thiazole rings is 1. The smallest absolute Gasteiger partial charge is 0.0944 e. The molecule has 0 aliphatic rings. The lowest BCUT2D eigenvalue weighted by molar-refractivity contribution is 0.489. The Morgan fingerprint density at radius 3 is 3.00 bits per heavy atom. The first-order valence-corrected chi connectivity index (χ1v) is 6.51. The number of nitrogens with zero attached hydrogens (tertiary/aromatic N) is 3. The molecule has 1 atom stereocenters. The minimum Gasteiger partial charge on any atom is -0.271 e. The standard InChI is InChI=1S/C11H17N5S/c1-3-16-10(6-8(2)15-16)9(14-12)7-11-13-4-5-17-11/h4-6,9,14H,3,7,12H2,1-2H3. The van der Waals surface area contributed by atoms with Crippen molar-refractivity contribution in [1.82, 2.24) is 20.2 Å². The molecule has 0 aliphatic heterocycles. The molecule has 0 radical (unpaired) electrons. The van der Waals surface area contributed by atoms with Gasteiger partial charge in [-0.05, 0) is 19.9 Å². The van der Waals surface area contributed by atoms with Gasteiger partial charge in [-0.15, -0.1) is 11.3 Å². The van der Waals surface area contributed by atoms with Crippen LogP contribution in [0.4, 0.5) is 0 Å². The van der Waals surface area contributed by atoms with Crippen molar-refractivity contribution in [2.24, 2.45) is 5.84 Å². The van der Waals surface area contributed by atoms with E-state index < -0.39 is 0 Å². The Morgan fingerprint density at radius 1 is 1.59 bits per heavy atom. The molecule has 2 heterocycles. The molecule has 0 fully saturated rings. The molecule has 0 bridgehead atoms. The van der Waals surface area contributed by atoms with Crippen LogP contribution < -0.4 is 11.3 Å². The van der Waals surface area contributed by atoms with Gasteiger partial charge >= 0.3 is 0 Å². The molecular weight excluding hydrogens is 234 g/mol. The predicted octanol–water partition coefficient (Wildman–Crippen LogP) is 1.42. The van der Waals surface area contributed by atoms with E-state index in [4.69, 9.17) is 5.84 Å². The molecule has 1 unspecified atom stereocenters. The second kappa shape index (κ2) is 5.39. The van der Waals surface area contributed by atoms with Gasteiger partial charge < -0.3 is 0 Å². The van der Waals surface area contributed by atoms with Gasteiger partial charge in [0.1, 0.15) is 0 Å². The molecule has 0 saturated carbocycles. The summed E-state index contributed by atoms with van der Waals surface area (Å²) in [6.07, 6.45) is 2.61. The topological polar surface area (TPSA) is 68.8 Å². The summed E-state index contributed by atoms with van der Waals surface area (Å²) in [6, 6.07) is 2.13. The lowest BCUT2D eigenvalue weighted by Gasteiger charge is -2.15. The van der Waals surface area contributed by atoms with E-state index in [1.165, 1.54) is 0 Å². The summed E-state index contributed by atoms with van der Waals surface area (Å²) >= 11 is 1.65. The zero-order chi connectivity index (χ0) is 12.3. The van der Waals surface area contributed by atoms with Crippen LogP contribution in [0.15, 0.2) is 17.6 Å². The third kappa shape index (κ3) is 2.71. The molecule has 3 N–H and O–H groups in total. The van der Waals surface area contributed by atoms with E-state index in [0.29, 0.717) is 0 Å². The maximum absolute atomic E-state index is 5.64. The largest absolute Gasteiger partial charge is 0.271 e. The fourth-order valence-corrected chi connectivity index (χ4v) is 2.54. The van der Waals surface area contributed by atoms with E-state index in [2.05, 4.69) is 28.5 Å². The van der Waals surface area contributed by atoms with Crippen LogP contribution >= 0.6 is 11.3 Å². The molecule has 6 heteroatoms. The molecule has 0 amide bonds. The van der Waals surface area contributed by atoms with Crippen LogP contribution in [0, 0.1) is 6.92 Å². The highest BCUT2D eigenvalue weighted by Crippen LogP contribution is 2.20. The number of nitrogens with one attached hydrogen (secondary N) is 1. The molecule has 0 spiro atoms. The number of hydrazine groups is 1. The number of hydrogen-bond donors (Lipinski definition) is 2. The Bertz CT molecular complexity index is 462. The van der Waals surface area contributed by atoms with Crippen molar-refractivity contribution in [3.05, 3.63) is 34.0 Å². The van der Waals surface area contributed by atoms with E-state index in [1.54, 1.807) is 11.3 Å². The molecule has 0 saturated heterocycles. The van der Waals surface area contributed by atoms with Crippen LogP contribution in [-0.4, -0.2) is 14.8 Å². The lowest BCUT2D eigenvalue weighted by Crippen LogP contribution is -2.31. The number of aromatic nitrogens is 3. The molecule has 92 valence electrons. The first kappa shape index (κ1) is 12.2. The highest BCUT2D eigenvalue weighted by molar-refractivity contribution is 7.09. The van der Waals surface area contributed by atoms with Gasteiger partial charge in [0.2, 0.25) is 0 Å². The maximum atomic E-state index is 5.64. The van der Waals surface area contributed by atoms with Gasteiger partial charge in [0.05, 0.1) is 22.4 Å². The lowest BCUT2D eigenvalue weighted by atomic mass is 10.1. The molecule has 0 aromatic carbocycles. The van der Waals surface area contributed by atoms with Gasteiger partial charge in [-0.25, -0.2) is 4.98 Å². The summed E-state index contributed by atoms with van der Waals surface area (Å²) in [6.45, 7) is 4.92. The molecule has 5 nitrogen and oxygen atoms in total. The SMILES string of the molecule is CCn1nc(C)cc1C(Cc1nccs1)NN. The zero-order valence-corrected chi connectivity index (χ0v) is 10.9. The quantitative estimate of drug-likeness (QED) is 0.623. The highest BCUT2D eigenvalue weighted by atomic mass is 32.1. The van der Waals surface area contributed by atoms with Crippen LogP contribution in [0.3, 0.4) is 0 Å². The third-order valence-corrected chi connectivity index (χ3v) is 3.46. The number of nitrogens with two attached hydrogens (primary N) is 1. The summed E-state index contributed by atoms with van der Waals surface area (Å²) in [5.41, 5.74) is 4.98. The average molecular weight is 251 g/mol. The summed E-state index contributed by atoms with van der Waals surface area (Å²) < 4.78 is 1.98. The van der Waals surface area contributed by atoms with Crippen LogP contribution in [0.5, 0.6) is 0 Å². The van der Waals surface area contributed by atoms with Crippen molar-refractivity contribution < 1.29 is 0 Å². The fourth-order valence-electron chi connectivity index (χ4n) is 1.88. The molecular formula is C11H17N5S. The van der Waals surface area contributed by atoms with Crippen LogP contribution in [0.2, 0.25) is 0 Å². The second-order valence-electron chi connectivity index (χ2n) is 3.88. The minimum absolute atomic E-state index is 0.0577. The van der Waals surface area contributed by atoms with E-state index in [-0.39, 0.29) is 6.04 Å². The Morgan fingerprint density at radius 2 is 2.41 bits per heavy atom. The van der Waals surface area contributed by atoms with Gasteiger partial charge in [-0.2, -0.15) is 5.10 Å². The zero-order valence-electron chi connectivity index (χ0n) is 10.1. The van der Waals surface area contributed by atoms with Crippen molar-refractivity contribution in [1.29, 1.82) is 0 Å². The third-order valence-electron chi connectivity index (χ3n) is 2.65. The van der Waals surface area contributed by atoms with Crippen molar-refractivity contribution >= 4 is 11.3 Å². The van der Waals surface area contributed by atoms with Gasteiger partial charge in [0.15, 0.2) is 0 Å². The van der Waals surface area contributed by atoms with Crippen molar-refractivity contribution in [3.63, 3.8) is 0 Å². The predicted molar refractivity (Wildman–Crippen MR) is 68.5 cm³/mol. The Balaban J connectivity index is 2.22. The van der Waals surface area contributed by atoms with Gasteiger partial charge in [-0.1, -0.05) is 0 Å². The number of hydrogen-bond acceptors (Lipinski definition) is 5. The van der Waals surface area contributed by atoms with E-state index in [9.17, 15) is 0 Å². The molecule has 2 aromatic heterocycles. The van der Waals surface area contributed by atoms with Crippen molar-refractivity contribution in [2.75, 3.05) is 0 Å². The highest BCUT2D eigenvalue weighted by Gasteiger charge is 2.17. The number of rotatable bonds is 5. The summed E-state index contributed by atoms with van der Waals surface area (Å²) in [4.78, 5) is 4.29. The van der Waals surface area contributed by atoms with E-state index >= 15 is 0 Å². The van der Waals surface area contributed by atoms with E-state index in [1.807, 2.05) is 23.2 Å². The summed E-state index contributed by atoms with van der Waals surface area (Å²) in [5.74, 6) is 5.64. The van der Waals surface area contributed by atoms with Gasteiger partial charge in [0, 0.05) is 24.5 Å². The van der Waals surface area contributed by atoms with Gasteiger partial charge in [0.25, 0.3) is 0 Å². The Labute approximate surface area is 105 Å². The first-order chi connectivity index (χ1) is 8.24. The fraction of sp³-hybridized carbons (Fsp3) is 0.455. The molecule has 2 aromatic rings. The van der Waals surface area contributed by atoms with Crippen molar-refractivity contribution in [2.45, 2.75) is 32.9 Å². The van der Waals surface area contributed by atoms with Gasteiger partial charge in [-0.3, -0.25) is 16.0 Å². The van der Waals surface area contributed by atoms with Crippen LogP contribution in [0.25, 0.3) is 0 Å². The van der Waals surface area contributed by atoms with Crippen LogP contribution in [0.1, 0.15) is 29.4 Å². The normalized spacial score (nSPS) is 12.9. The summed E-state index contributed by atoms with van der Waals surface area (Å²) in [7, 11) is 0. The minimum atomic E-state index is 0.0577. The Hall–Kier alpha value is -1.24. The summed E-state index contributed by atoms with van der Waals surface area (Å²) in [5, 5.41) is 7.49. The average Bonchev–Trinajstić information content (AvgIpc) is 2.94. The molecule has 0 aliphatic carbocycles. The number of aryl methyl sites for hydroxylation is 2. The first-order valence-electron chi connectivity index (χ1n) is 5.63. The maximum Gasteiger partial charge on any atom is 0.0944 e. The monoisotopic (exact) mass is 251 g/mol. The second-order valence-corrected chi connectivity index (χ2v) is 4.85. The molecule has 17 heavy (non-hydrogen) atoms. The van der Waals surface area contributed by atoms with E-state index in [0.717, 1.165) is 29.4 Å².